The number of hydrogen-bond acceptors (Lipinski definition) is 4. The molecule has 2 aliphatic heterocycles. The Morgan fingerprint density at radius 1 is 0.947 bits per heavy atom. The van der Waals surface area contributed by atoms with E-state index in [9.17, 15) is 8.42 Å². The second-order valence-electron chi connectivity index (χ2n) is 5.17. The van der Waals surface area contributed by atoms with Gasteiger partial charge in [-0.05, 0) is 12.8 Å². The van der Waals surface area contributed by atoms with E-state index in [0.717, 1.165) is 19.3 Å². The van der Waals surface area contributed by atoms with Gasteiger partial charge in [-0.15, -0.1) is 0 Å². The van der Waals surface area contributed by atoms with Gasteiger partial charge < -0.3 is 5.73 Å². The van der Waals surface area contributed by atoms with Crippen molar-refractivity contribution >= 4 is 16.0 Å². The monoisotopic (exact) mass is 289 g/mol. The number of nitrogens with one attached hydrogen (secondary N) is 1. The molecule has 0 spiro atoms. The van der Waals surface area contributed by atoms with Crippen LogP contribution < -0.4 is 5.73 Å². The van der Waals surface area contributed by atoms with Crippen LogP contribution in [0.25, 0.3) is 0 Å². The van der Waals surface area contributed by atoms with E-state index in [-0.39, 0.29) is 5.84 Å². The standard InChI is InChI=1S/C11H23N5O2S/c12-11(13)10-14-6-8-16(9-7-14)19(17,18)15-4-2-1-3-5-15/h1-10H2,(H3,12,13). The number of piperidine rings is 1. The predicted molar refractivity (Wildman–Crippen MR) is 74.3 cm³/mol. The zero-order valence-electron chi connectivity index (χ0n) is 11.2. The van der Waals surface area contributed by atoms with Crippen molar-refractivity contribution in [3.63, 3.8) is 0 Å². The number of nitrogens with zero attached hydrogens (tertiary/aromatic N) is 3. The zero-order valence-corrected chi connectivity index (χ0v) is 12.0. The molecule has 0 radical (unpaired) electrons. The lowest BCUT2D eigenvalue weighted by Crippen LogP contribution is -2.54. The van der Waals surface area contributed by atoms with Gasteiger partial charge in [0.15, 0.2) is 0 Å². The fourth-order valence-electron chi connectivity index (χ4n) is 2.62. The van der Waals surface area contributed by atoms with Crippen LogP contribution in [0.3, 0.4) is 0 Å². The molecule has 0 saturated carbocycles. The minimum Gasteiger partial charge on any atom is -0.387 e. The van der Waals surface area contributed by atoms with Crippen LogP contribution in [0.4, 0.5) is 0 Å². The summed E-state index contributed by atoms with van der Waals surface area (Å²) >= 11 is 0. The molecule has 8 heteroatoms. The summed E-state index contributed by atoms with van der Waals surface area (Å²) in [6, 6.07) is 0. The highest BCUT2D eigenvalue weighted by atomic mass is 32.2. The Balaban J connectivity index is 1.90. The topological polar surface area (TPSA) is 93.7 Å². The van der Waals surface area contributed by atoms with E-state index in [0.29, 0.717) is 45.8 Å². The molecule has 0 atom stereocenters. The molecule has 0 aromatic heterocycles. The van der Waals surface area contributed by atoms with Crippen LogP contribution in [0.15, 0.2) is 0 Å². The second kappa shape index (κ2) is 6.17. The number of rotatable bonds is 4. The smallest absolute Gasteiger partial charge is 0.282 e. The first kappa shape index (κ1) is 14.7. The Bertz CT molecular complexity index is 411. The van der Waals surface area contributed by atoms with Crippen molar-refractivity contribution in [2.45, 2.75) is 19.3 Å². The van der Waals surface area contributed by atoms with Gasteiger partial charge in [0.05, 0.1) is 6.54 Å². The Labute approximate surface area is 115 Å². The van der Waals surface area contributed by atoms with Crippen LogP contribution in [-0.4, -0.2) is 73.6 Å². The largest absolute Gasteiger partial charge is 0.387 e. The third-order valence-electron chi connectivity index (χ3n) is 3.69. The van der Waals surface area contributed by atoms with Crippen molar-refractivity contribution in [2.24, 2.45) is 5.73 Å². The molecule has 110 valence electrons. The fourth-order valence-corrected chi connectivity index (χ4v) is 4.29. The first-order chi connectivity index (χ1) is 9.00. The maximum absolute atomic E-state index is 12.4. The summed E-state index contributed by atoms with van der Waals surface area (Å²) in [5, 5.41) is 7.26. The summed E-state index contributed by atoms with van der Waals surface area (Å²) < 4.78 is 28.0. The molecule has 2 heterocycles. The van der Waals surface area contributed by atoms with Crippen molar-refractivity contribution in [3.8, 4) is 0 Å². The van der Waals surface area contributed by atoms with E-state index in [2.05, 4.69) is 0 Å². The van der Waals surface area contributed by atoms with Crippen molar-refractivity contribution in [1.29, 1.82) is 5.41 Å². The Morgan fingerprint density at radius 2 is 1.47 bits per heavy atom. The van der Waals surface area contributed by atoms with Crippen LogP contribution in [-0.2, 0) is 10.2 Å². The number of amidine groups is 1. The molecule has 2 rings (SSSR count). The van der Waals surface area contributed by atoms with E-state index in [1.807, 2.05) is 4.90 Å². The van der Waals surface area contributed by atoms with Gasteiger partial charge in [0.2, 0.25) is 0 Å². The van der Waals surface area contributed by atoms with Crippen LogP contribution in [0.2, 0.25) is 0 Å². The maximum atomic E-state index is 12.4. The van der Waals surface area contributed by atoms with Crippen LogP contribution in [0.1, 0.15) is 19.3 Å². The minimum absolute atomic E-state index is 0.132. The van der Waals surface area contributed by atoms with Gasteiger partial charge in [-0.1, -0.05) is 6.42 Å². The van der Waals surface area contributed by atoms with Crippen LogP contribution in [0.5, 0.6) is 0 Å². The molecule has 0 unspecified atom stereocenters. The summed E-state index contributed by atoms with van der Waals surface area (Å²) in [5.41, 5.74) is 5.36. The molecular formula is C11H23N5O2S. The lowest BCUT2D eigenvalue weighted by molar-refractivity contribution is 0.196. The number of hydrogen-bond donors (Lipinski definition) is 2. The molecule has 0 aliphatic carbocycles. The molecular weight excluding hydrogens is 266 g/mol. The van der Waals surface area contributed by atoms with Gasteiger partial charge in [0.25, 0.3) is 10.2 Å². The van der Waals surface area contributed by atoms with Crippen LogP contribution in [0, 0.1) is 5.41 Å². The third kappa shape index (κ3) is 3.65. The normalized spacial score (nSPS) is 24.4. The predicted octanol–water partition coefficient (Wildman–Crippen LogP) is -0.729. The molecule has 0 amide bonds. The molecule has 7 nitrogen and oxygen atoms in total. The molecule has 3 N–H and O–H groups in total. The molecule has 2 fully saturated rings. The van der Waals surface area contributed by atoms with Crippen molar-refractivity contribution in [2.75, 3.05) is 45.8 Å². The van der Waals surface area contributed by atoms with Gasteiger partial charge in [-0.25, -0.2) is 0 Å². The van der Waals surface area contributed by atoms with Gasteiger partial charge in [0.1, 0.15) is 5.84 Å². The molecule has 0 aromatic rings. The van der Waals surface area contributed by atoms with E-state index < -0.39 is 10.2 Å². The maximum Gasteiger partial charge on any atom is 0.282 e. The highest BCUT2D eigenvalue weighted by Gasteiger charge is 2.32. The summed E-state index contributed by atoms with van der Waals surface area (Å²) in [4.78, 5) is 2.02. The van der Waals surface area contributed by atoms with Gasteiger partial charge in [-0.2, -0.15) is 17.0 Å². The van der Waals surface area contributed by atoms with E-state index >= 15 is 0 Å². The van der Waals surface area contributed by atoms with Crippen molar-refractivity contribution < 1.29 is 8.42 Å². The molecule has 2 saturated heterocycles. The first-order valence-corrected chi connectivity index (χ1v) is 8.20. The average molecular weight is 289 g/mol. The highest BCUT2D eigenvalue weighted by molar-refractivity contribution is 7.86. The summed E-state index contributed by atoms with van der Waals surface area (Å²) in [6.07, 6.45) is 3.05. The molecule has 0 aromatic carbocycles. The molecule has 2 aliphatic rings. The van der Waals surface area contributed by atoms with Gasteiger partial charge >= 0.3 is 0 Å². The lowest BCUT2D eigenvalue weighted by atomic mass is 10.2. The van der Waals surface area contributed by atoms with Gasteiger partial charge in [0, 0.05) is 39.3 Å². The fraction of sp³-hybridized carbons (Fsp3) is 0.909. The quantitative estimate of drug-likeness (QED) is 0.527. The van der Waals surface area contributed by atoms with E-state index in [1.165, 1.54) is 0 Å². The van der Waals surface area contributed by atoms with Crippen molar-refractivity contribution in [3.05, 3.63) is 0 Å². The summed E-state index contributed by atoms with van der Waals surface area (Å²) in [5.74, 6) is 0.132. The Hall–Kier alpha value is -0.700. The SMILES string of the molecule is N=C(N)CN1CCN(S(=O)(=O)N2CCCCC2)CC1. The zero-order chi connectivity index (χ0) is 13.9. The summed E-state index contributed by atoms with van der Waals surface area (Å²) in [6.45, 7) is 4.00. The van der Waals surface area contributed by atoms with Gasteiger partial charge in [-0.3, -0.25) is 10.3 Å². The lowest BCUT2D eigenvalue weighted by Gasteiger charge is -2.37. The number of piperazine rings is 1. The van der Waals surface area contributed by atoms with E-state index in [1.54, 1.807) is 8.61 Å². The Morgan fingerprint density at radius 3 is 2.00 bits per heavy atom. The molecule has 0 bridgehead atoms. The van der Waals surface area contributed by atoms with Crippen molar-refractivity contribution in [1.82, 2.24) is 13.5 Å². The first-order valence-electron chi connectivity index (χ1n) is 6.80. The summed E-state index contributed by atoms with van der Waals surface area (Å²) in [7, 11) is -3.28. The van der Waals surface area contributed by atoms with Crippen LogP contribution >= 0.6 is 0 Å². The highest BCUT2D eigenvalue weighted by Crippen LogP contribution is 2.17. The Kier molecular flexibility index (Phi) is 4.77. The second-order valence-corrected chi connectivity index (χ2v) is 7.10. The van der Waals surface area contributed by atoms with E-state index in [4.69, 9.17) is 11.1 Å². The molecule has 19 heavy (non-hydrogen) atoms. The third-order valence-corrected chi connectivity index (χ3v) is 5.73. The number of nitrogens with two attached hydrogens (primary N) is 1. The minimum atomic E-state index is -3.28. The average Bonchev–Trinajstić information content (AvgIpc) is 2.40.